The van der Waals surface area contributed by atoms with E-state index in [4.69, 9.17) is 16.3 Å². The first-order valence-electron chi connectivity index (χ1n) is 8.31. The number of benzene rings is 2. The van der Waals surface area contributed by atoms with Crippen molar-refractivity contribution in [2.24, 2.45) is 0 Å². The summed E-state index contributed by atoms with van der Waals surface area (Å²) in [5, 5.41) is 8.88. The van der Waals surface area contributed by atoms with Crippen molar-refractivity contribution in [3.05, 3.63) is 77.3 Å². The van der Waals surface area contributed by atoms with E-state index in [2.05, 4.69) is 15.2 Å². The van der Waals surface area contributed by atoms with Crippen LogP contribution in [0.5, 0.6) is 5.75 Å². The molecule has 27 heavy (non-hydrogen) atoms. The first-order chi connectivity index (χ1) is 13.2. The average molecular weight is 382 g/mol. The number of imidazole rings is 1. The van der Waals surface area contributed by atoms with Gasteiger partial charge in [-0.2, -0.15) is 0 Å². The van der Waals surface area contributed by atoms with E-state index in [1.54, 1.807) is 30.9 Å². The lowest BCUT2D eigenvalue weighted by Gasteiger charge is -2.10. The van der Waals surface area contributed by atoms with Gasteiger partial charge in [0.05, 0.1) is 24.3 Å². The van der Waals surface area contributed by atoms with Crippen molar-refractivity contribution in [1.82, 2.24) is 24.3 Å². The first kappa shape index (κ1) is 16.0. The van der Waals surface area contributed by atoms with Crippen molar-refractivity contribution in [1.29, 1.82) is 0 Å². The fourth-order valence-corrected chi connectivity index (χ4v) is 3.42. The maximum Gasteiger partial charge on any atom is 0.166 e. The lowest BCUT2D eigenvalue weighted by Crippen LogP contribution is -2.07. The van der Waals surface area contributed by atoms with E-state index in [-0.39, 0.29) is 12.4 Å². The predicted octanol–water partition coefficient (Wildman–Crippen LogP) is 3.86. The summed E-state index contributed by atoms with van der Waals surface area (Å²) < 4.78 is 23.4. The average Bonchev–Trinajstić information content (AvgIpc) is 3.26. The van der Waals surface area contributed by atoms with Crippen LogP contribution >= 0.6 is 11.6 Å². The Labute approximate surface area is 158 Å². The second-order valence-electron chi connectivity index (χ2n) is 6.17. The van der Waals surface area contributed by atoms with E-state index in [0.717, 1.165) is 28.5 Å². The molecule has 0 radical (unpaired) electrons. The van der Waals surface area contributed by atoms with Crippen molar-refractivity contribution < 1.29 is 9.13 Å². The predicted molar refractivity (Wildman–Crippen MR) is 97.4 cm³/mol. The first-order valence-corrected chi connectivity index (χ1v) is 8.69. The van der Waals surface area contributed by atoms with Crippen LogP contribution in [0.1, 0.15) is 11.4 Å². The van der Waals surface area contributed by atoms with Crippen LogP contribution < -0.4 is 4.74 Å². The molecule has 0 spiro atoms. The van der Waals surface area contributed by atoms with E-state index in [1.165, 1.54) is 6.07 Å². The largest absolute Gasteiger partial charge is 0.484 e. The minimum Gasteiger partial charge on any atom is -0.484 e. The summed E-state index contributed by atoms with van der Waals surface area (Å²) >= 11 is 6.19. The van der Waals surface area contributed by atoms with Gasteiger partial charge in [-0.25, -0.2) is 9.37 Å². The summed E-state index contributed by atoms with van der Waals surface area (Å²) in [5.74, 6) is 0.533. The highest BCUT2D eigenvalue weighted by atomic mass is 35.5. The Morgan fingerprint density at radius 1 is 1.15 bits per heavy atom. The number of hydrogen-bond acceptors (Lipinski definition) is 4. The Bertz CT molecular complexity index is 1150. The number of fused-ring (bicyclic) bond motifs is 5. The topological polar surface area (TPSA) is 57.8 Å². The summed E-state index contributed by atoms with van der Waals surface area (Å²) in [7, 11) is 0. The van der Waals surface area contributed by atoms with Crippen LogP contribution in [0.25, 0.3) is 17.1 Å². The molecule has 0 unspecified atom stereocenters. The van der Waals surface area contributed by atoms with E-state index >= 15 is 0 Å². The van der Waals surface area contributed by atoms with Gasteiger partial charge in [0.2, 0.25) is 0 Å². The van der Waals surface area contributed by atoms with Crippen molar-refractivity contribution >= 4 is 11.6 Å². The Kier molecular flexibility index (Phi) is 3.68. The zero-order valence-corrected chi connectivity index (χ0v) is 14.8. The van der Waals surface area contributed by atoms with Crippen molar-refractivity contribution in [2.45, 2.75) is 13.2 Å². The number of halogens is 2. The molecule has 0 N–H and O–H groups in total. The minimum absolute atomic E-state index is 0.156. The van der Waals surface area contributed by atoms with Crippen LogP contribution in [-0.2, 0) is 13.2 Å². The van der Waals surface area contributed by atoms with Gasteiger partial charge in [-0.3, -0.25) is 0 Å². The molecule has 0 atom stereocenters. The van der Waals surface area contributed by atoms with E-state index in [0.29, 0.717) is 11.6 Å². The summed E-state index contributed by atoms with van der Waals surface area (Å²) in [4.78, 5) is 4.49. The van der Waals surface area contributed by atoms with Gasteiger partial charge in [0, 0.05) is 10.6 Å². The van der Waals surface area contributed by atoms with Crippen LogP contribution in [0.3, 0.4) is 0 Å². The Morgan fingerprint density at radius 3 is 2.93 bits per heavy atom. The third-order valence-corrected chi connectivity index (χ3v) is 4.78. The van der Waals surface area contributed by atoms with E-state index in [9.17, 15) is 4.39 Å². The molecule has 8 heteroatoms. The van der Waals surface area contributed by atoms with Gasteiger partial charge in [0.1, 0.15) is 18.6 Å². The molecule has 5 rings (SSSR count). The zero-order chi connectivity index (χ0) is 18.4. The summed E-state index contributed by atoms with van der Waals surface area (Å²) in [6.45, 7) is 0.675. The molecule has 134 valence electrons. The fourth-order valence-electron chi connectivity index (χ4n) is 3.25. The molecule has 0 saturated carbocycles. The van der Waals surface area contributed by atoms with Crippen LogP contribution in [0.2, 0.25) is 5.02 Å². The fraction of sp³-hybridized carbons (Fsp3) is 0.105. The Morgan fingerprint density at radius 2 is 2.04 bits per heavy atom. The van der Waals surface area contributed by atoms with Crippen LogP contribution in [0, 0.1) is 5.82 Å². The summed E-state index contributed by atoms with van der Waals surface area (Å²) in [6.07, 6.45) is 3.41. The molecule has 3 heterocycles. The van der Waals surface area contributed by atoms with Crippen LogP contribution in [0.15, 0.2) is 55.1 Å². The Hall–Kier alpha value is -3.19. The second-order valence-corrected chi connectivity index (χ2v) is 6.61. The molecule has 1 aliphatic rings. The highest BCUT2D eigenvalue weighted by molar-refractivity contribution is 6.31. The number of ether oxygens (including phenoxy) is 1. The zero-order valence-electron chi connectivity index (χ0n) is 14.0. The highest BCUT2D eigenvalue weighted by Crippen LogP contribution is 2.33. The van der Waals surface area contributed by atoms with Crippen LogP contribution in [-0.4, -0.2) is 24.3 Å². The molecule has 2 aromatic heterocycles. The van der Waals surface area contributed by atoms with Gasteiger partial charge in [-0.15, -0.1) is 10.2 Å². The lowest BCUT2D eigenvalue weighted by molar-refractivity contribution is 0.285. The standard InChI is InChI=1S/C19H13ClFN5O/c20-12-5-6-16-13(7-12)19-24-23-11-25(19)8-17-15(22-10-26(16)17)9-27-18-4-2-1-3-14(18)21/h1-7,10-11H,8-9H2. The van der Waals surface area contributed by atoms with Gasteiger partial charge in [-0.05, 0) is 30.3 Å². The molecule has 4 aromatic rings. The smallest absolute Gasteiger partial charge is 0.166 e. The van der Waals surface area contributed by atoms with Gasteiger partial charge >= 0.3 is 0 Å². The number of rotatable bonds is 3. The maximum atomic E-state index is 13.8. The van der Waals surface area contributed by atoms with Gasteiger partial charge in [0.25, 0.3) is 0 Å². The molecule has 2 aromatic carbocycles. The van der Waals surface area contributed by atoms with Gasteiger partial charge in [0.15, 0.2) is 17.4 Å². The normalized spacial score (nSPS) is 12.1. The van der Waals surface area contributed by atoms with Gasteiger partial charge < -0.3 is 13.9 Å². The third-order valence-electron chi connectivity index (χ3n) is 4.55. The molecule has 0 saturated heterocycles. The Balaban J connectivity index is 1.57. The van der Waals surface area contributed by atoms with E-state index < -0.39 is 5.82 Å². The minimum atomic E-state index is -0.399. The van der Waals surface area contributed by atoms with Crippen molar-refractivity contribution in [3.63, 3.8) is 0 Å². The second kappa shape index (κ2) is 6.21. The molecule has 1 aliphatic heterocycles. The lowest BCUT2D eigenvalue weighted by atomic mass is 10.1. The molecule has 6 nitrogen and oxygen atoms in total. The SMILES string of the molecule is Fc1ccccc1OCc1ncn2c1Cn1cnnc1-c1cc(Cl)ccc1-2. The number of aromatic nitrogens is 5. The highest BCUT2D eigenvalue weighted by Gasteiger charge is 2.23. The van der Waals surface area contributed by atoms with Crippen molar-refractivity contribution in [2.75, 3.05) is 0 Å². The summed E-state index contributed by atoms with van der Waals surface area (Å²) in [5.41, 5.74) is 3.43. The molecular weight excluding hydrogens is 369 g/mol. The van der Waals surface area contributed by atoms with E-state index in [1.807, 2.05) is 27.3 Å². The van der Waals surface area contributed by atoms with Crippen LogP contribution in [0.4, 0.5) is 4.39 Å². The molecule has 0 fully saturated rings. The third kappa shape index (κ3) is 2.67. The monoisotopic (exact) mass is 381 g/mol. The van der Waals surface area contributed by atoms with Gasteiger partial charge in [-0.1, -0.05) is 23.7 Å². The quantitative estimate of drug-likeness (QED) is 0.476. The molecular formula is C19H13ClFN5O. The molecule has 0 amide bonds. The number of hydrogen-bond donors (Lipinski definition) is 0. The number of para-hydroxylation sites is 1. The van der Waals surface area contributed by atoms with Crippen molar-refractivity contribution in [3.8, 4) is 22.8 Å². The molecule has 0 aliphatic carbocycles. The summed E-state index contributed by atoms with van der Waals surface area (Å²) in [6, 6.07) is 11.9. The molecule has 0 bridgehead atoms. The number of nitrogens with zero attached hydrogens (tertiary/aromatic N) is 5. The maximum absolute atomic E-state index is 13.8.